The third-order valence-electron chi connectivity index (χ3n) is 1.71. The topological polar surface area (TPSA) is 38.9 Å². The molecule has 2 aromatic rings. The molecule has 1 aromatic carbocycles. The fraction of sp³-hybridized carbons (Fsp3) is 0.111. The van der Waals surface area contributed by atoms with Crippen LogP contribution in [-0.4, -0.2) is 10.2 Å². The van der Waals surface area contributed by atoms with Crippen molar-refractivity contribution in [1.29, 1.82) is 0 Å². The van der Waals surface area contributed by atoms with E-state index in [0.29, 0.717) is 12.3 Å². The van der Waals surface area contributed by atoms with Crippen molar-refractivity contribution < 1.29 is 8.81 Å². The third-order valence-corrected chi connectivity index (χ3v) is 1.86. The molecule has 0 saturated heterocycles. The highest BCUT2D eigenvalue weighted by atomic mass is 35.5. The van der Waals surface area contributed by atoms with Gasteiger partial charge in [-0.1, -0.05) is 17.2 Å². The number of aromatic nitrogens is 2. The Bertz CT molecular complexity index is 427. The number of hydrogen-bond acceptors (Lipinski definition) is 3. The van der Waals surface area contributed by atoms with Gasteiger partial charge in [-0.3, -0.25) is 0 Å². The van der Waals surface area contributed by atoms with Crippen LogP contribution in [0.3, 0.4) is 0 Å². The van der Waals surface area contributed by atoms with Crippen molar-refractivity contribution in [2.24, 2.45) is 0 Å². The summed E-state index contributed by atoms with van der Waals surface area (Å²) in [5, 5.41) is 7.21. The van der Waals surface area contributed by atoms with Crippen LogP contribution in [0.5, 0.6) is 0 Å². The lowest BCUT2D eigenvalue weighted by Gasteiger charge is -1.95. The van der Waals surface area contributed by atoms with E-state index in [9.17, 15) is 4.39 Å². The van der Waals surface area contributed by atoms with Gasteiger partial charge in [0.2, 0.25) is 5.89 Å². The SMILES string of the molecule is Fc1ccc(Cc2nnc(Cl)o2)cc1. The monoisotopic (exact) mass is 212 g/mol. The first-order valence-electron chi connectivity index (χ1n) is 3.96. The van der Waals surface area contributed by atoms with Gasteiger partial charge in [0.1, 0.15) is 5.82 Å². The predicted molar refractivity (Wildman–Crippen MR) is 48.5 cm³/mol. The minimum atomic E-state index is -0.266. The van der Waals surface area contributed by atoms with E-state index in [1.54, 1.807) is 12.1 Å². The average molecular weight is 213 g/mol. The van der Waals surface area contributed by atoms with Crippen molar-refractivity contribution >= 4 is 11.6 Å². The lowest BCUT2D eigenvalue weighted by atomic mass is 10.1. The molecule has 0 spiro atoms. The van der Waals surface area contributed by atoms with Crippen LogP contribution in [0.1, 0.15) is 11.5 Å². The Morgan fingerprint density at radius 1 is 1.21 bits per heavy atom. The maximum absolute atomic E-state index is 12.6. The quantitative estimate of drug-likeness (QED) is 0.768. The molecule has 0 aliphatic carbocycles. The van der Waals surface area contributed by atoms with Crippen LogP contribution in [0.25, 0.3) is 0 Å². The van der Waals surface area contributed by atoms with Gasteiger partial charge in [0, 0.05) is 0 Å². The van der Waals surface area contributed by atoms with Crippen molar-refractivity contribution in [2.45, 2.75) is 6.42 Å². The first-order chi connectivity index (χ1) is 6.74. The molecule has 0 saturated carbocycles. The molecule has 0 N–H and O–H groups in total. The summed E-state index contributed by atoms with van der Waals surface area (Å²) in [5.74, 6) is 0.152. The molecule has 0 aliphatic heterocycles. The van der Waals surface area contributed by atoms with Crippen molar-refractivity contribution in [1.82, 2.24) is 10.2 Å². The number of hydrogen-bond donors (Lipinski definition) is 0. The predicted octanol–water partition coefficient (Wildman–Crippen LogP) is 2.45. The molecular formula is C9H6ClFN2O. The molecule has 1 heterocycles. The standard InChI is InChI=1S/C9H6ClFN2O/c10-9-13-12-8(14-9)5-6-1-3-7(11)4-2-6/h1-4H,5H2. The van der Waals surface area contributed by atoms with Crippen LogP contribution in [0.4, 0.5) is 4.39 Å². The van der Waals surface area contributed by atoms with Crippen molar-refractivity contribution in [2.75, 3.05) is 0 Å². The van der Waals surface area contributed by atoms with Gasteiger partial charge < -0.3 is 4.42 Å². The van der Waals surface area contributed by atoms with E-state index >= 15 is 0 Å². The number of halogens is 2. The Kier molecular flexibility index (Phi) is 2.45. The molecule has 5 heteroatoms. The van der Waals surface area contributed by atoms with E-state index in [1.807, 2.05) is 0 Å². The van der Waals surface area contributed by atoms with E-state index in [-0.39, 0.29) is 11.2 Å². The second-order valence-corrected chi connectivity index (χ2v) is 3.08. The number of rotatable bonds is 2. The summed E-state index contributed by atoms with van der Waals surface area (Å²) in [6, 6.07) is 6.08. The van der Waals surface area contributed by atoms with Crippen molar-refractivity contribution in [3.8, 4) is 0 Å². The second kappa shape index (κ2) is 3.75. The van der Waals surface area contributed by atoms with E-state index in [4.69, 9.17) is 16.0 Å². The summed E-state index contributed by atoms with van der Waals surface area (Å²) in [6.07, 6.45) is 0.458. The van der Waals surface area contributed by atoms with Gasteiger partial charge in [-0.2, -0.15) is 0 Å². The smallest absolute Gasteiger partial charge is 0.312 e. The molecule has 0 atom stereocenters. The average Bonchev–Trinajstić information content (AvgIpc) is 2.56. The lowest BCUT2D eigenvalue weighted by molar-refractivity contribution is 0.506. The van der Waals surface area contributed by atoms with Gasteiger partial charge in [-0.05, 0) is 29.3 Å². The Balaban J connectivity index is 2.15. The van der Waals surface area contributed by atoms with Crippen molar-refractivity contribution in [3.63, 3.8) is 0 Å². The minimum Gasteiger partial charge on any atom is -0.412 e. The highest BCUT2D eigenvalue weighted by molar-refractivity contribution is 6.27. The van der Waals surface area contributed by atoms with Gasteiger partial charge >= 0.3 is 5.35 Å². The summed E-state index contributed by atoms with van der Waals surface area (Å²) < 4.78 is 17.5. The van der Waals surface area contributed by atoms with Gasteiger partial charge in [-0.15, -0.1) is 5.10 Å². The maximum Gasteiger partial charge on any atom is 0.312 e. The van der Waals surface area contributed by atoms with E-state index in [0.717, 1.165) is 5.56 Å². The van der Waals surface area contributed by atoms with E-state index in [2.05, 4.69) is 10.2 Å². The summed E-state index contributed by atoms with van der Waals surface area (Å²) in [4.78, 5) is 0. The molecule has 0 amide bonds. The zero-order valence-electron chi connectivity index (χ0n) is 7.08. The van der Waals surface area contributed by atoms with E-state index < -0.39 is 0 Å². The molecule has 0 unspecified atom stereocenters. The van der Waals surface area contributed by atoms with Crippen LogP contribution < -0.4 is 0 Å². The fourth-order valence-electron chi connectivity index (χ4n) is 1.08. The molecule has 0 fully saturated rings. The van der Waals surface area contributed by atoms with Gasteiger partial charge in [-0.25, -0.2) is 4.39 Å². The summed E-state index contributed by atoms with van der Waals surface area (Å²) in [5.41, 5.74) is 0.895. The molecule has 2 rings (SSSR count). The highest BCUT2D eigenvalue weighted by Gasteiger charge is 2.04. The summed E-state index contributed by atoms with van der Waals surface area (Å²) >= 11 is 5.45. The Morgan fingerprint density at radius 2 is 1.93 bits per heavy atom. The van der Waals surface area contributed by atoms with Crippen molar-refractivity contribution in [3.05, 3.63) is 46.9 Å². The molecule has 0 radical (unpaired) electrons. The molecule has 0 bridgehead atoms. The van der Waals surface area contributed by atoms with Crippen LogP contribution >= 0.6 is 11.6 Å². The van der Waals surface area contributed by atoms with Crippen LogP contribution in [-0.2, 0) is 6.42 Å². The maximum atomic E-state index is 12.6. The molecule has 1 aromatic heterocycles. The van der Waals surface area contributed by atoms with Crippen LogP contribution in [0.15, 0.2) is 28.7 Å². The number of nitrogens with zero attached hydrogens (tertiary/aromatic N) is 2. The first-order valence-corrected chi connectivity index (χ1v) is 4.34. The molecular weight excluding hydrogens is 207 g/mol. The largest absolute Gasteiger partial charge is 0.412 e. The summed E-state index contributed by atoms with van der Waals surface area (Å²) in [7, 11) is 0. The molecule has 0 aliphatic rings. The van der Waals surface area contributed by atoms with Gasteiger partial charge in [0.05, 0.1) is 6.42 Å². The van der Waals surface area contributed by atoms with E-state index in [1.165, 1.54) is 12.1 Å². The first kappa shape index (κ1) is 9.15. The molecule has 14 heavy (non-hydrogen) atoms. The summed E-state index contributed by atoms with van der Waals surface area (Å²) in [6.45, 7) is 0. The number of benzene rings is 1. The zero-order valence-corrected chi connectivity index (χ0v) is 7.83. The second-order valence-electron chi connectivity index (χ2n) is 2.75. The third kappa shape index (κ3) is 2.09. The normalized spacial score (nSPS) is 10.4. The lowest BCUT2D eigenvalue weighted by Crippen LogP contribution is -1.88. The van der Waals surface area contributed by atoms with Crippen LogP contribution in [0.2, 0.25) is 5.35 Å². The zero-order chi connectivity index (χ0) is 9.97. The Labute approximate surface area is 84.5 Å². The van der Waals surface area contributed by atoms with Crippen LogP contribution in [0, 0.1) is 5.82 Å². The Hall–Kier alpha value is -1.42. The van der Waals surface area contributed by atoms with Gasteiger partial charge in [0.15, 0.2) is 0 Å². The van der Waals surface area contributed by atoms with Gasteiger partial charge in [0.25, 0.3) is 0 Å². The fourth-order valence-corrected chi connectivity index (χ4v) is 1.21. The molecule has 3 nitrogen and oxygen atoms in total. The highest BCUT2D eigenvalue weighted by Crippen LogP contribution is 2.11. The molecule has 72 valence electrons. The minimum absolute atomic E-state index is 0.0158. The Morgan fingerprint density at radius 3 is 2.50 bits per heavy atom.